The topological polar surface area (TPSA) is 263 Å². The Hall–Kier alpha value is -0.820. The zero-order valence-electron chi connectivity index (χ0n) is 22.6. The number of carbonyl (C=O) groups excluding carboxylic acids is 1. The smallest absolute Gasteiger partial charge is 0.726 e. The fourth-order valence-electron chi connectivity index (χ4n) is 4.18. The number of rotatable bonds is 14. The molecule has 2 fully saturated rings. The van der Waals surface area contributed by atoms with E-state index < -0.39 is 112 Å². The van der Waals surface area contributed by atoms with Gasteiger partial charge >= 0.3 is 35.5 Å². The van der Waals surface area contributed by atoms with Crippen LogP contribution in [0.1, 0.15) is 6.92 Å². The van der Waals surface area contributed by atoms with Gasteiger partial charge in [-0.1, -0.05) is 6.58 Å². The normalized spacial score (nSPS) is 34.3. The van der Waals surface area contributed by atoms with E-state index in [9.17, 15) is 46.3 Å². The fourth-order valence-corrected chi connectivity index (χ4v) is 5.18. The number of carbonyl (C=O) groups is 2. The van der Waals surface area contributed by atoms with Gasteiger partial charge in [-0.2, -0.15) is 0 Å². The van der Waals surface area contributed by atoms with Crippen LogP contribution in [0.3, 0.4) is 0 Å². The van der Waals surface area contributed by atoms with Crippen molar-refractivity contribution in [1.82, 2.24) is 5.32 Å². The second kappa shape index (κ2) is 16.3. The molecule has 0 aromatic heterocycles. The van der Waals surface area contributed by atoms with E-state index in [1.165, 1.54) is 0 Å². The molecule has 0 bridgehead atoms. The van der Waals surface area contributed by atoms with Gasteiger partial charge in [0.2, 0.25) is 16.3 Å². The van der Waals surface area contributed by atoms with E-state index in [0.717, 1.165) is 21.1 Å². The monoisotopic (exact) mass is 645 g/mol. The SMILES string of the molecule is C=CS(=O)(=O)CCOC1C(C(=O)O)OC(OC2C(NC(C)=O)C(OC)OC(CO)C2OS(=O)(=O)[O-])C(O)C1OC.[Na+]. The van der Waals surface area contributed by atoms with Crippen molar-refractivity contribution in [2.45, 2.75) is 68.3 Å². The first-order chi connectivity index (χ1) is 18.6. The minimum Gasteiger partial charge on any atom is -0.726 e. The summed E-state index contributed by atoms with van der Waals surface area (Å²) >= 11 is 0. The summed E-state index contributed by atoms with van der Waals surface area (Å²) in [4.78, 5) is 23.9. The van der Waals surface area contributed by atoms with E-state index in [4.69, 9.17) is 28.4 Å². The number of carboxylic acids is 1. The summed E-state index contributed by atoms with van der Waals surface area (Å²) in [6.07, 6.45) is -15.6. The molecule has 41 heavy (non-hydrogen) atoms. The Balaban J connectivity index is 0.00000840. The van der Waals surface area contributed by atoms with Gasteiger partial charge in [0, 0.05) is 26.6 Å². The van der Waals surface area contributed by atoms with Crippen LogP contribution in [0.4, 0.5) is 0 Å². The van der Waals surface area contributed by atoms with Crippen molar-refractivity contribution >= 4 is 32.1 Å². The molecule has 0 radical (unpaired) electrons. The van der Waals surface area contributed by atoms with Gasteiger partial charge in [-0.25, -0.2) is 21.6 Å². The van der Waals surface area contributed by atoms with Crippen LogP contribution in [0.2, 0.25) is 0 Å². The molecule has 18 nitrogen and oxygen atoms in total. The molecule has 10 atom stereocenters. The van der Waals surface area contributed by atoms with Gasteiger partial charge in [0.05, 0.1) is 19.0 Å². The molecule has 10 unspecified atom stereocenters. The standard InChI is InChI=1S/C20H33NO17S2.Na/c1-5-39(27,28)7-6-34-16-15(32-3)12(24)20(37-17(16)18(25)26)36-14-11(21-9(2)23)19(33-4)35-10(8-22)13(14)38-40(29,30)31;/h5,10-17,19-20,22,24H,1,6-8H2,2-4H3,(H,21,23)(H,25,26)(H,29,30,31);/q;+1/p-1. The van der Waals surface area contributed by atoms with Gasteiger partial charge < -0.3 is 53.6 Å². The number of sulfone groups is 1. The third-order valence-electron chi connectivity index (χ3n) is 5.91. The van der Waals surface area contributed by atoms with Crippen molar-refractivity contribution in [2.24, 2.45) is 0 Å². The molecule has 0 aromatic rings. The number of nitrogens with one attached hydrogen (secondary N) is 1. The van der Waals surface area contributed by atoms with E-state index in [2.05, 4.69) is 16.1 Å². The second-order valence-corrected chi connectivity index (χ2v) is 11.7. The van der Waals surface area contributed by atoms with Crippen molar-refractivity contribution in [2.75, 3.05) is 33.2 Å². The van der Waals surface area contributed by atoms with Crippen molar-refractivity contribution in [3.05, 3.63) is 12.0 Å². The van der Waals surface area contributed by atoms with Crippen LogP contribution in [0, 0.1) is 0 Å². The summed E-state index contributed by atoms with van der Waals surface area (Å²) in [6, 6.07) is -1.45. The van der Waals surface area contributed by atoms with Crippen LogP contribution in [-0.4, -0.2) is 143 Å². The molecule has 21 heteroatoms. The molecule has 2 saturated heterocycles. The summed E-state index contributed by atoms with van der Waals surface area (Å²) in [7, 11) is -6.98. The van der Waals surface area contributed by atoms with Crippen molar-refractivity contribution in [3.63, 3.8) is 0 Å². The molecule has 2 aliphatic heterocycles. The van der Waals surface area contributed by atoms with Crippen LogP contribution in [0.25, 0.3) is 0 Å². The zero-order valence-corrected chi connectivity index (χ0v) is 26.2. The Kier molecular flexibility index (Phi) is 15.2. The van der Waals surface area contributed by atoms with E-state index in [1.54, 1.807) is 0 Å². The molecule has 0 spiro atoms. The minimum atomic E-state index is -5.48. The number of ether oxygens (including phenoxy) is 6. The van der Waals surface area contributed by atoms with Gasteiger partial charge in [0.15, 0.2) is 28.5 Å². The molecule has 2 aliphatic rings. The Labute approximate surface area is 258 Å². The quantitative estimate of drug-likeness (QED) is 0.0777. The largest absolute Gasteiger partial charge is 1.00 e. The maximum atomic E-state index is 12.0. The first-order valence-corrected chi connectivity index (χ1v) is 14.6. The third kappa shape index (κ3) is 10.4. The Morgan fingerprint density at radius 2 is 1.68 bits per heavy atom. The van der Waals surface area contributed by atoms with Crippen LogP contribution in [0.5, 0.6) is 0 Å². The summed E-state index contributed by atoms with van der Waals surface area (Å²) in [5.74, 6) is -2.92. The number of carboxylic acid groups (broad SMARTS) is 1. The van der Waals surface area contributed by atoms with E-state index in [0.29, 0.717) is 5.41 Å². The van der Waals surface area contributed by atoms with E-state index in [-0.39, 0.29) is 29.6 Å². The van der Waals surface area contributed by atoms with Crippen LogP contribution < -0.4 is 34.9 Å². The van der Waals surface area contributed by atoms with Crippen molar-refractivity contribution in [1.29, 1.82) is 0 Å². The van der Waals surface area contributed by atoms with Crippen molar-refractivity contribution < 1.29 is 108 Å². The maximum Gasteiger partial charge on any atom is 1.00 e. The molecule has 0 saturated carbocycles. The molecular formula is C20H32NNaO17S2. The van der Waals surface area contributed by atoms with Gasteiger partial charge in [-0.3, -0.25) is 8.98 Å². The van der Waals surface area contributed by atoms with Crippen LogP contribution >= 0.6 is 0 Å². The molecule has 0 aliphatic carbocycles. The van der Waals surface area contributed by atoms with Gasteiger partial charge in [-0.05, 0) is 0 Å². The second-order valence-electron chi connectivity index (χ2n) is 8.58. The summed E-state index contributed by atoms with van der Waals surface area (Å²) < 4.78 is 94.7. The number of methoxy groups -OCH3 is 2. The number of amides is 1. The van der Waals surface area contributed by atoms with E-state index in [1.807, 2.05) is 0 Å². The molecular weight excluding hydrogens is 613 g/mol. The number of aliphatic carboxylic acids is 1. The Bertz CT molecular complexity index is 1110. The number of hydrogen-bond donors (Lipinski definition) is 4. The molecule has 2 heterocycles. The molecule has 4 N–H and O–H groups in total. The first kappa shape index (κ1) is 38.2. The number of aliphatic hydroxyl groups is 2. The minimum absolute atomic E-state index is 0. The maximum absolute atomic E-state index is 12.0. The summed E-state index contributed by atoms with van der Waals surface area (Å²) in [5.41, 5.74) is 0. The average Bonchev–Trinajstić information content (AvgIpc) is 2.85. The van der Waals surface area contributed by atoms with Crippen LogP contribution in [0.15, 0.2) is 12.0 Å². The van der Waals surface area contributed by atoms with Gasteiger partial charge in [0.1, 0.15) is 42.7 Å². The number of aliphatic hydroxyl groups excluding tert-OH is 2. The molecule has 232 valence electrons. The first-order valence-electron chi connectivity index (χ1n) is 11.5. The predicted molar refractivity (Wildman–Crippen MR) is 127 cm³/mol. The molecule has 1 amide bonds. The van der Waals surface area contributed by atoms with Crippen LogP contribution in [-0.2, 0) is 62.4 Å². The molecule has 0 aromatic carbocycles. The molecule has 2 rings (SSSR count). The Morgan fingerprint density at radius 3 is 2.15 bits per heavy atom. The summed E-state index contributed by atoms with van der Waals surface area (Å²) in [6.45, 7) is 2.77. The van der Waals surface area contributed by atoms with Crippen molar-refractivity contribution in [3.8, 4) is 0 Å². The average molecular weight is 646 g/mol. The number of hydrogen-bond acceptors (Lipinski definition) is 16. The third-order valence-corrected chi connectivity index (χ3v) is 7.62. The fraction of sp³-hybridized carbons (Fsp3) is 0.800. The van der Waals surface area contributed by atoms with Gasteiger partial charge in [-0.15, -0.1) is 0 Å². The summed E-state index contributed by atoms with van der Waals surface area (Å²) in [5, 5.41) is 33.5. The van der Waals surface area contributed by atoms with Gasteiger partial charge in [0.25, 0.3) is 0 Å². The Morgan fingerprint density at radius 1 is 1.05 bits per heavy atom. The zero-order chi connectivity index (χ0) is 30.4. The predicted octanol–water partition coefficient (Wildman–Crippen LogP) is -6.78. The van der Waals surface area contributed by atoms with E-state index >= 15 is 0 Å².